The van der Waals surface area contributed by atoms with Crippen molar-refractivity contribution in [3.63, 3.8) is 0 Å². The molecule has 1 atom stereocenters. The van der Waals surface area contributed by atoms with Crippen LogP contribution in [0.3, 0.4) is 0 Å². The van der Waals surface area contributed by atoms with Crippen molar-refractivity contribution in [3.05, 3.63) is 124 Å². The molecule has 220 valence electrons. The second-order valence-electron chi connectivity index (χ2n) is 10.2. The van der Waals surface area contributed by atoms with Crippen molar-refractivity contribution < 1.29 is 19.2 Å². The van der Waals surface area contributed by atoms with Gasteiger partial charge in [0.2, 0.25) is 0 Å². The molecule has 1 heterocycles. The minimum absolute atomic E-state index is 0.148. The summed E-state index contributed by atoms with van der Waals surface area (Å²) in [7, 11) is 1.66. The Kier molecular flexibility index (Phi) is 8.85. The minimum Gasteiger partial charge on any atom is -0.495 e. The van der Waals surface area contributed by atoms with Gasteiger partial charge in [-0.2, -0.15) is 0 Å². The number of nitro benzene ring substituents is 1. The van der Waals surface area contributed by atoms with Crippen molar-refractivity contribution in [1.29, 1.82) is 0 Å². The Hall–Kier alpha value is -5.38. The van der Waals surface area contributed by atoms with Gasteiger partial charge in [-0.15, -0.1) is 0 Å². The highest BCUT2D eigenvalue weighted by atomic mass is 16.6. The second kappa shape index (κ2) is 13.1. The summed E-state index contributed by atoms with van der Waals surface area (Å²) < 4.78 is 5.55. The SMILES string of the molecule is COc1ccccc1N1CCN(c2ccc(NC(=O)c3cccc([N+](=O)[O-])c3)cc2C(=O)NC(C)c2ccccc2)CC1. The van der Waals surface area contributed by atoms with Crippen molar-refractivity contribution in [2.24, 2.45) is 0 Å². The third-order valence-electron chi connectivity index (χ3n) is 7.51. The van der Waals surface area contributed by atoms with Gasteiger partial charge >= 0.3 is 0 Å². The molecule has 1 unspecified atom stereocenters. The van der Waals surface area contributed by atoms with Gasteiger partial charge in [0, 0.05) is 55.2 Å². The van der Waals surface area contributed by atoms with E-state index in [2.05, 4.69) is 20.4 Å². The van der Waals surface area contributed by atoms with E-state index in [4.69, 9.17) is 4.74 Å². The van der Waals surface area contributed by atoms with Gasteiger partial charge in [-0.3, -0.25) is 19.7 Å². The number of amides is 2. The fourth-order valence-corrected chi connectivity index (χ4v) is 5.21. The molecule has 5 rings (SSSR count). The van der Waals surface area contributed by atoms with Gasteiger partial charge in [0.15, 0.2) is 0 Å². The Morgan fingerprint density at radius 1 is 0.814 bits per heavy atom. The van der Waals surface area contributed by atoms with Gasteiger partial charge in [-0.1, -0.05) is 48.5 Å². The molecule has 4 aromatic carbocycles. The van der Waals surface area contributed by atoms with E-state index in [0.717, 1.165) is 35.8 Å². The molecule has 0 radical (unpaired) electrons. The molecule has 43 heavy (non-hydrogen) atoms. The molecule has 0 aromatic heterocycles. The molecule has 10 heteroatoms. The molecule has 0 aliphatic carbocycles. The predicted molar refractivity (Wildman–Crippen MR) is 167 cm³/mol. The maximum Gasteiger partial charge on any atom is 0.270 e. The van der Waals surface area contributed by atoms with E-state index in [9.17, 15) is 19.7 Å². The predicted octanol–water partition coefficient (Wildman–Crippen LogP) is 5.67. The van der Waals surface area contributed by atoms with Gasteiger partial charge in [0.05, 0.1) is 29.3 Å². The van der Waals surface area contributed by atoms with E-state index in [0.29, 0.717) is 24.3 Å². The summed E-state index contributed by atoms with van der Waals surface area (Å²) in [5.41, 5.74) is 3.55. The number of para-hydroxylation sites is 2. The summed E-state index contributed by atoms with van der Waals surface area (Å²) in [5.74, 6) is 0.0330. The Bertz CT molecular complexity index is 1620. The summed E-state index contributed by atoms with van der Waals surface area (Å²) >= 11 is 0. The molecule has 1 fully saturated rings. The average molecular weight is 580 g/mol. The van der Waals surface area contributed by atoms with Crippen molar-refractivity contribution in [2.75, 3.05) is 48.4 Å². The van der Waals surface area contributed by atoms with Crippen LogP contribution in [0.1, 0.15) is 39.2 Å². The number of benzene rings is 4. The van der Waals surface area contributed by atoms with Crippen molar-refractivity contribution in [3.8, 4) is 5.75 Å². The lowest BCUT2D eigenvalue weighted by Gasteiger charge is -2.38. The highest BCUT2D eigenvalue weighted by Gasteiger charge is 2.25. The quantitative estimate of drug-likeness (QED) is 0.194. The van der Waals surface area contributed by atoms with Gasteiger partial charge in [0.25, 0.3) is 17.5 Å². The van der Waals surface area contributed by atoms with Crippen LogP contribution in [0.5, 0.6) is 5.75 Å². The number of carbonyl (C=O) groups is 2. The van der Waals surface area contributed by atoms with E-state index in [-0.39, 0.29) is 23.2 Å². The second-order valence-corrected chi connectivity index (χ2v) is 10.2. The highest BCUT2D eigenvalue weighted by Crippen LogP contribution is 2.31. The molecule has 2 amide bonds. The standard InChI is InChI=1S/C33H33N5O5/c1-23(24-9-4-3-5-10-24)34-33(40)28-22-26(35-32(39)25-11-8-12-27(21-25)38(41)42)15-16-29(28)36-17-19-37(20-18-36)30-13-6-7-14-31(30)43-2/h3-16,21-23H,17-20H2,1-2H3,(H,34,40)(H,35,39). The van der Waals surface area contributed by atoms with Gasteiger partial charge in [-0.25, -0.2) is 0 Å². The fraction of sp³-hybridized carbons (Fsp3) is 0.212. The third kappa shape index (κ3) is 6.75. The largest absolute Gasteiger partial charge is 0.495 e. The fourth-order valence-electron chi connectivity index (χ4n) is 5.21. The van der Waals surface area contributed by atoms with Crippen LogP contribution < -0.4 is 25.2 Å². The Balaban J connectivity index is 1.39. The summed E-state index contributed by atoms with van der Waals surface area (Å²) in [6.45, 7) is 4.73. The molecule has 10 nitrogen and oxygen atoms in total. The number of hydrogen-bond acceptors (Lipinski definition) is 7. The first-order chi connectivity index (χ1) is 20.8. The smallest absolute Gasteiger partial charge is 0.270 e. The first-order valence-corrected chi connectivity index (χ1v) is 14.0. The number of ether oxygens (including phenoxy) is 1. The van der Waals surface area contributed by atoms with Crippen LogP contribution >= 0.6 is 0 Å². The van der Waals surface area contributed by atoms with Gasteiger partial charge in [0.1, 0.15) is 5.75 Å². The maximum atomic E-state index is 13.7. The van der Waals surface area contributed by atoms with Crippen LogP contribution in [0.2, 0.25) is 0 Å². The van der Waals surface area contributed by atoms with E-state index in [1.54, 1.807) is 19.2 Å². The number of rotatable bonds is 9. The van der Waals surface area contributed by atoms with Crippen LogP contribution in [-0.2, 0) is 0 Å². The zero-order chi connectivity index (χ0) is 30.3. The molecule has 1 saturated heterocycles. The van der Waals surface area contributed by atoms with Crippen LogP contribution in [0.4, 0.5) is 22.7 Å². The number of hydrogen-bond donors (Lipinski definition) is 2. The topological polar surface area (TPSA) is 117 Å². The molecule has 2 N–H and O–H groups in total. The summed E-state index contributed by atoms with van der Waals surface area (Å²) in [6.07, 6.45) is 0. The van der Waals surface area contributed by atoms with Gasteiger partial charge < -0.3 is 25.2 Å². The maximum absolute atomic E-state index is 13.7. The molecule has 1 aliphatic heterocycles. The van der Waals surface area contributed by atoms with E-state index < -0.39 is 10.8 Å². The number of nitro groups is 1. The Morgan fingerprint density at radius 2 is 1.49 bits per heavy atom. The lowest BCUT2D eigenvalue weighted by atomic mass is 10.1. The summed E-state index contributed by atoms with van der Waals surface area (Å²) in [4.78, 5) is 41.8. The number of nitrogens with one attached hydrogen (secondary N) is 2. The first kappa shape index (κ1) is 29.1. The average Bonchev–Trinajstić information content (AvgIpc) is 3.05. The summed E-state index contributed by atoms with van der Waals surface area (Å²) in [6, 6.07) is 28.1. The number of anilines is 3. The molecule has 0 spiro atoms. The van der Waals surface area contributed by atoms with Crippen molar-refractivity contribution >= 4 is 34.6 Å². The van der Waals surface area contributed by atoms with Crippen LogP contribution in [-0.4, -0.2) is 50.0 Å². The molecule has 1 aliphatic rings. The number of methoxy groups -OCH3 is 1. The van der Waals surface area contributed by atoms with E-state index in [1.807, 2.05) is 67.6 Å². The van der Waals surface area contributed by atoms with Crippen LogP contribution in [0.15, 0.2) is 97.1 Å². The lowest BCUT2D eigenvalue weighted by molar-refractivity contribution is -0.384. The molecular formula is C33H33N5O5. The Morgan fingerprint density at radius 3 is 2.19 bits per heavy atom. The minimum atomic E-state index is -0.546. The van der Waals surface area contributed by atoms with Gasteiger partial charge in [-0.05, 0) is 48.9 Å². The zero-order valence-corrected chi connectivity index (χ0v) is 24.0. The first-order valence-electron chi connectivity index (χ1n) is 14.0. The molecule has 4 aromatic rings. The molecular weight excluding hydrogens is 546 g/mol. The lowest BCUT2D eigenvalue weighted by Crippen LogP contribution is -2.47. The number of non-ortho nitro benzene ring substituents is 1. The van der Waals surface area contributed by atoms with Crippen molar-refractivity contribution in [1.82, 2.24) is 5.32 Å². The van der Waals surface area contributed by atoms with Crippen LogP contribution in [0.25, 0.3) is 0 Å². The van der Waals surface area contributed by atoms with E-state index in [1.165, 1.54) is 24.3 Å². The highest BCUT2D eigenvalue weighted by molar-refractivity contribution is 6.06. The Labute approximate surface area is 250 Å². The zero-order valence-electron chi connectivity index (χ0n) is 24.0. The molecule has 0 saturated carbocycles. The van der Waals surface area contributed by atoms with Crippen LogP contribution in [0, 0.1) is 10.1 Å². The summed E-state index contributed by atoms with van der Waals surface area (Å²) in [5, 5.41) is 17.1. The number of nitrogens with zero attached hydrogens (tertiary/aromatic N) is 3. The number of piperazine rings is 1. The van der Waals surface area contributed by atoms with E-state index >= 15 is 0 Å². The monoisotopic (exact) mass is 579 g/mol. The number of carbonyl (C=O) groups excluding carboxylic acids is 2. The van der Waals surface area contributed by atoms with Crippen molar-refractivity contribution in [2.45, 2.75) is 13.0 Å². The normalized spacial score (nSPS) is 13.6. The molecule has 0 bridgehead atoms. The third-order valence-corrected chi connectivity index (χ3v) is 7.51.